The fourth-order valence-electron chi connectivity index (χ4n) is 2.23. The third-order valence-corrected chi connectivity index (χ3v) is 3.89. The lowest BCUT2D eigenvalue weighted by molar-refractivity contribution is 0.0825. The molecule has 0 spiro atoms. The number of rotatable bonds is 1. The van der Waals surface area contributed by atoms with Gasteiger partial charge in [0.25, 0.3) is 10.1 Å². The van der Waals surface area contributed by atoms with Gasteiger partial charge in [-0.3, -0.25) is 14.1 Å². The first-order valence-electron chi connectivity index (χ1n) is 5.03. The smallest absolute Gasteiger partial charge is 0.285 e. The Balaban J connectivity index is 2.58. The predicted octanol–water partition coefficient (Wildman–Crippen LogP) is 1.47. The standard InChI is InChI=1S/C12H6O5S/c13-11-7-3-1-2-6-9(18(15,16)17)5-4-8(10(6)7)12(11)14/h1-5H,(H,15,16,17). The lowest BCUT2D eigenvalue weighted by Crippen LogP contribution is -2.06. The Kier molecular flexibility index (Phi) is 1.99. The first kappa shape index (κ1) is 11.1. The highest BCUT2D eigenvalue weighted by atomic mass is 32.2. The summed E-state index contributed by atoms with van der Waals surface area (Å²) in [6.07, 6.45) is 0. The molecule has 0 saturated heterocycles. The van der Waals surface area contributed by atoms with E-state index in [1.807, 2.05) is 0 Å². The fraction of sp³-hybridized carbons (Fsp3) is 0. The molecule has 3 rings (SSSR count). The van der Waals surface area contributed by atoms with E-state index in [0.717, 1.165) is 6.07 Å². The molecule has 1 aliphatic rings. The quantitative estimate of drug-likeness (QED) is 0.621. The molecule has 0 heterocycles. The number of Topliss-reactive ketones (excluding diaryl/α,β-unsaturated/α-hetero) is 2. The minimum absolute atomic E-state index is 0.179. The molecule has 0 atom stereocenters. The normalized spacial score (nSPS) is 14.5. The van der Waals surface area contributed by atoms with Gasteiger partial charge in [0.05, 0.1) is 0 Å². The van der Waals surface area contributed by atoms with E-state index in [4.69, 9.17) is 4.55 Å². The molecular formula is C12H6O5S. The Morgan fingerprint density at radius 3 is 2.11 bits per heavy atom. The number of carbonyl (C=O) groups excluding carboxylic acids is 2. The summed E-state index contributed by atoms with van der Waals surface area (Å²) in [6, 6.07) is 6.78. The monoisotopic (exact) mass is 262 g/mol. The van der Waals surface area contributed by atoms with Gasteiger partial charge in [-0.1, -0.05) is 18.2 Å². The lowest BCUT2D eigenvalue weighted by Gasteiger charge is -2.04. The first-order chi connectivity index (χ1) is 8.41. The van der Waals surface area contributed by atoms with E-state index in [0.29, 0.717) is 5.39 Å². The molecule has 6 heteroatoms. The first-order valence-corrected chi connectivity index (χ1v) is 6.47. The van der Waals surface area contributed by atoms with Gasteiger partial charge in [0, 0.05) is 21.9 Å². The second-order valence-electron chi connectivity index (χ2n) is 3.97. The molecule has 5 nitrogen and oxygen atoms in total. The Morgan fingerprint density at radius 1 is 0.889 bits per heavy atom. The van der Waals surface area contributed by atoms with Crippen molar-refractivity contribution < 1.29 is 22.6 Å². The zero-order valence-electron chi connectivity index (χ0n) is 8.88. The number of benzene rings is 2. The van der Waals surface area contributed by atoms with Crippen molar-refractivity contribution in [2.24, 2.45) is 0 Å². The maximum atomic E-state index is 11.7. The molecule has 18 heavy (non-hydrogen) atoms. The van der Waals surface area contributed by atoms with Crippen molar-refractivity contribution in [1.29, 1.82) is 0 Å². The van der Waals surface area contributed by atoms with Crippen molar-refractivity contribution in [2.75, 3.05) is 0 Å². The van der Waals surface area contributed by atoms with Crippen LogP contribution in [0.2, 0.25) is 0 Å². The third-order valence-electron chi connectivity index (χ3n) is 2.97. The zero-order valence-corrected chi connectivity index (χ0v) is 9.69. The van der Waals surface area contributed by atoms with Crippen LogP contribution < -0.4 is 0 Å². The SMILES string of the molecule is O=C1C(=O)c2ccc(S(=O)(=O)O)c3cccc1c23. The van der Waals surface area contributed by atoms with Crippen LogP contribution in [0.4, 0.5) is 0 Å². The van der Waals surface area contributed by atoms with Crippen molar-refractivity contribution in [3.05, 3.63) is 41.5 Å². The molecule has 90 valence electrons. The van der Waals surface area contributed by atoms with Gasteiger partial charge in [0.1, 0.15) is 4.90 Å². The fourth-order valence-corrected chi connectivity index (χ4v) is 2.92. The van der Waals surface area contributed by atoms with Crippen molar-refractivity contribution in [3.63, 3.8) is 0 Å². The average molecular weight is 262 g/mol. The molecule has 2 aromatic carbocycles. The van der Waals surface area contributed by atoms with E-state index in [1.54, 1.807) is 0 Å². The summed E-state index contributed by atoms with van der Waals surface area (Å²) in [7, 11) is -4.39. The molecule has 0 amide bonds. The van der Waals surface area contributed by atoms with Crippen molar-refractivity contribution in [2.45, 2.75) is 4.90 Å². The maximum Gasteiger partial charge on any atom is 0.295 e. The number of ketones is 2. The van der Waals surface area contributed by atoms with Gasteiger partial charge in [-0.25, -0.2) is 0 Å². The molecule has 1 aliphatic carbocycles. The Bertz CT molecular complexity index is 813. The van der Waals surface area contributed by atoms with Crippen LogP contribution in [0.25, 0.3) is 10.8 Å². The lowest BCUT2D eigenvalue weighted by atomic mass is 10.1. The highest BCUT2D eigenvalue weighted by Crippen LogP contribution is 2.34. The second-order valence-corrected chi connectivity index (χ2v) is 5.36. The minimum atomic E-state index is -4.39. The van der Waals surface area contributed by atoms with Crippen LogP contribution in [0, 0.1) is 0 Å². The van der Waals surface area contributed by atoms with Crippen LogP contribution in [0.3, 0.4) is 0 Å². The molecule has 1 N–H and O–H groups in total. The molecule has 0 saturated carbocycles. The van der Waals surface area contributed by atoms with E-state index >= 15 is 0 Å². The van der Waals surface area contributed by atoms with Gasteiger partial charge in [-0.15, -0.1) is 0 Å². The summed E-state index contributed by atoms with van der Waals surface area (Å²) < 4.78 is 31.6. The molecule has 0 unspecified atom stereocenters. The van der Waals surface area contributed by atoms with Crippen LogP contribution in [-0.2, 0) is 10.1 Å². The van der Waals surface area contributed by atoms with Crippen LogP contribution in [0.15, 0.2) is 35.2 Å². The molecule has 0 radical (unpaired) electrons. The molecule has 0 bridgehead atoms. The Hall–Kier alpha value is -2.05. The number of carbonyl (C=O) groups is 2. The minimum Gasteiger partial charge on any atom is -0.285 e. The van der Waals surface area contributed by atoms with Crippen LogP contribution in [0.5, 0.6) is 0 Å². The van der Waals surface area contributed by atoms with Gasteiger partial charge in [0.15, 0.2) is 0 Å². The van der Waals surface area contributed by atoms with Crippen LogP contribution >= 0.6 is 0 Å². The van der Waals surface area contributed by atoms with Crippen molar-refractivity contribution in [1.82, 2.24) is 0 Å². The van der Waals surface area contributed by atoms with Gasteiger partial charge in [-0.05, 0) is 12.1 Å². The highest BCUT2D eigenvalue weighted by Gasteiger charge is 2.32. The van der Waals surface area contributed by atoms with Gasteiger partial charge in [-0.2, -0.15) is 8.42 Å². The van der Waals surface area contributed by atoms with Crippen LogP contribution in [-0.4, -0.2) is 24.5 Å². The number of hydrogen-bond donors (Lipinski definition) is 1. The molecular weight excluding hydrogens is 256 g/mol. The second kappa shape index (κ2) is 3.24. The number of hydrogen-bond acceptors (Lipinski definition) is 4. The average Bonchev–Trinajstić information content (AvgIpc) is 2.56. The highest BCUT2D eigenvalue weighted by molar-refractivity contribution is 7.86. The largest absolute Gasteiger partial charge is 0.295 e. The molecule has 0 aliphatic heterocycles. The van der Waals surface area contributed by atoms with E-state index in [1.165, 1.54) is 24.3 Å². The van der Waals surface area contributed by atoms with Gasteiger partial charge >= 0.3 is 0 Å². The van der Waals surface area contributed by atoms with E-state index < -0.39 is 21.7 Å². The van der Waals surface area contributed by atoms with E-state index in [2.05, 4.69) is 0 Å². The maximum absolute atomic E-state index is 11.7. The summed E-state index contributed by atoms with van der Waals surface area (Å²) in [5, 5.41) is 0.481. The molecule has 0 fully saturated rings. The summed E-state index contributed by atoms with van der Waals surface area (Å²) in [5.74, 6) is -1.30. The Morgan fingerprint density at radius 2 is 1.50 bits per heavy atom. The summed E-state index contributed by atoms with van der Waals surface area (Å²) in [6.45, 7) is 0. The van der Waals surface area contributed by atoms with Gasteiger partial charge < -0.3 is 0 Å². The topological polar surface area (TPSA) is 88.5 Å². The third kappa shape index (κ3) is 1.27. The van der Waals surface area contributed by atoms with Gasteiger partial charge in [0.2, 0.25) is 11.6 Å². The summed E-state index contributed by atoms with van der Waals surface area (Å²) in [4.78, 5) is 23.1. The van der Waals surface area contributed by atoms with Crippen molar-refractivity contribution >= 4 is 32.5 Å². The molecule has 2 aromatic rings. The Labute approximate surface area is 102 Å². The summed E-state index contributed by atoms with van der Waals surface area (Å²) in [5.41, 5.74) is 0.357. The van der Waals surface area contributed by atoms with Crippen LogP contribution in [0.1, 0.15) is 20.7 Å². The predicted molar refractivity (Wildman–Crippen MR) is 62.4 cm³/mol. The zero-order chi connectivity index (χ0) is 13.1. The summed E-state index contributed by atoms with van der Waals surface area (Å²) >= 11 is 0. The van der Waals surface area contributed by atoms with E-state index in [-0.39, 0.29) is 21.4 Å². The van der Waals surface area contributed by atoms with Crippen molar-refractivity contribution in [3.8, 4) is 0 Å². The molecule has 0 aromatic heterocycles. The van der Waals surface area contributed by atoms with E-state index in [9.17, 15) is 18.0 Å².